The Balaban J connectivity index is 1.35. The van der Waals surface area contributed by atoms with Gasteiger partial charge in [0.25, 0.3) is 0 Å². The third-order valence-electron chi connectivity index (χ3n) is 27.8. The summed E-state index contributed by atoms with van der Waals surface area (Å²) in [6, 6.07) is -3.42. The van der Waals surface area contributed by atoms with Gasteiger partial charge in [0.1, 0.15) is 41.8 Å². The third-order valence-corrected chi connectivity index (χ3v) is 27.8. The van der Waals surface area contributed by atoms with E-state index >= 15 is 0 Å². The number of unbranched alkanes of at least 4 members (excludes halogenated alkanes) is 32. The van der Waals surface area contributed by atoms with E-state index in [1.165, 1.54) is 135 Å². The van der Waals surface area contributed by atoms with Gasteiger partial charge in [0.2, 0.25) is 23.6 Å². The number of imidazole rings is 1. The molecule has 0 bridgehead atoms. The summed E-state index contributed by atoms with van der Waals surface area (Å²) in [7, 11) is 0. The molecule has 0 unspecified atom stereocenters. The average molecular weight is 1980 g/mol. The topological polar surface area (TPSA) is 509 Å². The van der Waals surface area contributed by atoms with Crippen LogP contribution in [0.3, 0.4) is 0 Å². The molecule has 32 heteroatoms. The number of aliphatic carboxylic acids is 5. The molecular formula is C108H184N8O24. The number of Topliss-reactive ketones (excluding diaryl/α,β-unsaturated/α-hetero) is 6. The number of hydrogen-bond acceptors (Lipinski definition) is 22. The molecule has 2 aliphatic rings. The van der Waals surface area contributed by atoms with E-state index in [1.54, 1.807) is 20.0 Å². The van der Waals surface area contributed by atoms with Crippen LogP contribution in [0.2, 0.25) is 0 Å². The predicted octanol–water partition coefficient (Wildman–Crippen LogP) is 18.2. The van der Waals surface area contributed by atoms with E-state index in [0.29, 0.717) is 127 Å². The summed E-state index contributed by atoms with van der Waals surface area (Å²) in [6.07, 6.45) is 52.4. The number of nitrogens with two attached hydrogens (primary N) is 1. The minimum Gasteiger partial charge on any atom is -0.481 e. The first-order valence-electron chi connectivity index (χ1n) is 54.3. The Kier molecular flexibility index (Phi) is 73.0. The highest BCUT2D eigenvalue weighted by molar-refractivity contribution is 5.93. The number of ether oxygens (including phenoxy) is 4. The Morgan fingerprint density at radius 3 is 1.24 bits per heavy atom. The first-order valence-corrected chi connectivity index (χ1v) is 54.3. The second-order valence-electron chi connectivity index (χ2n) is 40.6. The number of hydrogen-bond donors (Lipinski definition) is 12. The lowest BCUT2D eigenvalue weighted by Gasteiger charge is -2.28. The third kappa shape index (κ3) is 67.4. The minimum atomic E-state index is -1.34. The monoisotopic (exact) mass is 1980 g/mol. The number of aromatic nitrogens is 2. The van der Waals surface area contributed by atoms with E-state index in [1.807, 2.05) is 0 Å². The van der Waals surface area contributed by atoms with Crippen LogP contribution in [0, 0.1) is 40.9 Å². The van der Waals surface area contributed by atoms with Crippen LogP contribution >= 0.6 is 0 Å². The molecule has 13 N–H and O–H groups in total. The van der Waals surface area contributed by atoms with Crippen molar-refractivity contribution in [3.05, 3.63) is 30.5 Å². The number of amides is 4. The zero-order chi connectivity index (χ0) is 102. The summed E-state index contributed by atoms with van der Waals surface area (Å²) >= 11 is 0. The fourth-order valence-electron chi connectivity index (χ4n) is 18.7. The number of ketones is 6. The molecule has 0 radical (unpaired) electrons. The van der Waals surface area contributed by atoms with Crippen LogP contribution in [0.5, 0.6) is 0 Å². The predicted molar refractivity (Wildman–Crippen MR) is 539 cm³/mol. The lowest BCUT2D eigenvalue weighted by molar-refractivity contribution is -0.143. The molecule has 2 fully saturated rings. The van der Waals surface area contributed by atoms with Gasteiger partial charge in [0, 0.05) is 150 Å². The molecular weight excluding hydrogens is 1790 g/mol. The second kappa shape index (κ2) is 81.1. The maximum atomic E-state index is 13.8. The molecule has 1 aromatic rings. The standard InChI is InChI=1S/C108H184N8O24/c1-82(111-66-38-36-41-87(105(131)132)58-64-98(122)108(2,3)77-97(121)94(109)76-89-78-110-81-114-89)79-139-73-71-137-69-40-45-93(120)80-140-74-72-138-70-68-113-102(128)88(75-92(119)61-62-95(106(133)134)115-103(129)85-54-48-83(49-55-85)52-59-90(117)43-32-28-24-20-16-12-8-4-6-10-14-18-22-26-30-34-46-100(124)125)42-37-39-67-112-99(123)65-63-96(107(135)136)116-104(130)86-56-50-84(51-57-86)53-60-91(118)44-33-29-25-21-17-13-9-5-7-11-15-19-23-27-31-35-47-101(126)127/h78,81,83-88,94-96,111H,1,4-77,79-80,109H2,2-3H3,(H,110,114)(H,112,123)(H,113,128)(H,115,129)(H,116,130)(H,124,125)(H,126,127)(H,131,132)(H,133,134)(H,135,136)/t83?,84?,85?,86?,87-,88-,94+,95+,96+/m1/s1. The van der Waals surface area contributed by atoms with E-state index in [4.69, 9.17) is 34.9 Å². The van der Waals surface area contributed by atoms with Crippen LogP contribution in [0.15, 0.2) is 24.8 Å². The average Bonchev–Trinajstić information content (AvgIpc) is 1.18. The number of nitrogens with zero attached hydrogens (tertiary/aromatic N) is 1. The highest BCUT2D eigenvalue weighted by Crippen LogP contribution is 2.35. The quantitative estimate of drug-likeness (QED) is 0.0270. The highest BCUT2D eigenvalue weighted by atomic mass is 16.5. The van der Waals surface area contributed by atoms with Crippen molar-refractivity contribution in [2.24, 2.45) is 46.7 Å². The van der Waals surface area contributed by atoms with Crippen LogP contribution in [-0.2, 0) is 97.3 Å². The number of carboxylic acids is 5. The summed E-state index contributed by atoms with van der Waals surface area (Å²) in [5, 5.41) is 61.9. The van der Waals surface area contributed by atoms with Crippen molar-refractivity contribution in [2.45, 2.75) is 449 Å². The number of aromatic amines is 1. The number of carboxylic acid groups (broad SMARTS) is 5. The first-order chi connectivity index (χ1) is 67.4. The molecule has 2 saturated carbocycles. The van der Waals surface area contributed by atoms with E-state index in [9.17, 15) is 87.2 Å². The number of carbonyl (C=O) groups is 15. The lowest BCUT2D eigenvalue weighted by atomic mass is 9.78. The van der Waals surface area contributed by atoms with Gasteiger partial charge < -0.3 is 81.8 Å². The molecule has 0 aromatic carbocycles. The molecule has 800 valence electrons. The van der Waals surface area contributed by atoms with Crippen LogP contribution < -0.4 is 32.3 Å². The highest BCUT2D eigenvalue weighted by Gasteiger charge is 2.36. The summed E-state index contributed by atoms with van der Waals surface area (Å²) < 4.78 is 22.5. The van der Waals surface area contributed by atoms with Crippen molar-refractivity contribution >= 4 is 88.2 Å². The molecule has 1 heterocycles. The normalized spacial score (nSPS) is 16.0. The molecule has 0 spiro atoms. The minimum absolute atomic E-state index is 0.0353. The van der Waals surface area contributed by atoms with E-state index in [0.717, 1.165) is 121 Å². The Bertz CT molecular complexity index is 3640. The summed E-state index contributed by atoms with van der Waals surface area (Å²) in [4.78, 5) is 197. The molecule has 1 aromatic heterocycles. The molecule has 32 nitrogen and oxygen atoms in total. The fourth-order valence-corrected chi connectivity index (χ4v) is 18.7. The number of carbonyl (C=O) groups excluding carboxylic acids is 10. The van der Waals surface area contributed by atoms with Gasteiger partial charge in [-0.15, -0.1) is 0 Å². The summed E-state index contributed by atoms with van der Waals surface area (Å²) in [5.74, 6) is -8.68. The van der Waals surface area contributed by atoms with Gasteiger partial charge in [-0.25, -0.2) is 14.6 Å². The van der Waals surface area contributed by atoms with Crippen LogP contribution in [0.4, 0.5) is 0 Å². The summed E-state index contributed by atoms with van der Waals surface area (Å²) in [5.41, 5.74) is 6.47. The number of H-pyrrole nitrogens is 1. The zero-order valence-electron chi connectivity index (χ0n) is 85.8. The SMILES string of the molecule is C=C(COCCOCCCC(=O)COCCOCCNC(=O)[C@H](CCCCNC(=O)CC[C@H](NC(=O)C1CCC(CCC(=O)CCCCCCCCCCCCCCCCCCC(=O)O)CC1)C(=O)O)CC(=O)CC[C@H](NC(=O)C1CCC(CCC(=O)CCCCCCCCCCCCCCCCCCC(=O)O)CC1)C(=O)O)NCCCC[C@H](CCC(=O)C(C)(C)CC(=O)[C@@H](N)Cc1cnc[nH]1)C(=O)O. The Morgan fingerprint density at radius 2 is 0.807 bits per heavy atom. The lowest BCUT2D eigenvalue weighted by Crippen LogP contribution is -2.45. The Morgan fingerprint density at radius 1 is 0.400 bits per heavy atom. The number of rotatable bonds is 97. The van der Waals surface area contributed by atoms with Crippen molar-refractivity contribution in [3.8, 4) is 0 Å². The Hall–Kier alpha value is -8.20. The van der Waals surface area contributed by atoms with Crippen LogP contribution in [0.25, 0.3) is 0 Å². The van der Waals surface area contributed by atoms with E-state index in [-0.39, 0.29) is 183 Å². The summed E-state index contributed by atoms with van der Waals surface area (Å²) in [6.45, 7) is 9.42. The first kappa shape index (κ1) is 126. The van der Waals surface area contributed by atoms with Crippen LogP contribution in [-0.4, -0.2) is 214 Å². The van der Waals surface area contributed by atoms with Gasteiger partial charge in [0.05, 0.1) is 57.9 Å². The fraction of sp³-hybridized carbons (Fsp3) is 0.815. The van der Waals surface area contributed by atoms with Gasteiger partial charge in [-0.2, -0.15) is 0 Å². The molecule has 0 saturated heterocycles. The van der Waals surface area contributed by atoms with Gasteiger partial charge in [-0.05, 0) is 153 Å². The molecule has 0 aliphatic heterocycles. The van der Waals surface area contributed by atoms with Gasteiger partial charge in [0.15, 0.2) is 11.6 Å². The largest absolute Gasteiger partial charge is 0.481 e. The van der Waals surface area contributed by atoms with E-state index < -0.39 is 88.9 Å². The molecule has 140 heavy (non-hydrogen) atoms. The van der Waals surface area contributed by atoms with Crippen molar-refractivity contribution in [2.75, 3.05) is 72.5 Å². The second-order valence-corrected chi connectivity index (χ2v) is 40.6. The van der Waals surface area contributed by atoms with Crippen LogP contribution in [0.1, 0.15) is 430 Å². The molecule has 4 amide bonds. The van der Waals surface area contributed by atoms with E-state index in [2.05, 4.69) is 43.1 Å². The maximum absolute atomic E-state index is 13.8. The van der Waals surface area contributed by atoms with Crippen molar-refractivity contribution in [3.63, 3.8) is 0 Å². The van der Waals surface area contributed by atoms with Gasteiger partial charge in [-0.1, -0.05) is 213 Å². The maximum Gasteiger partial charge on any atom is 0.326 e. The molecule has 5 atom stereocenters. The molecule has 2 aliphatic carbocycles. The Labute approximate surface area is 835 Å². The van der Waals surface area contributed by atoms with Crippen molar-refractivity contribution in [1.29, 1.82) is 0 Å². The smallest absolute Gasteiger partial charge is 0.326 e. The van der Waals surface area contributed by atoms with Gasteiger partial charge in [-0.3, -0.25) is 62.3 Å². The molecule has 3 rings (SSSR count). The zero-order valence-corrected chi connectivity index (χ0v) is 85.8. The van der Waals surface area contributed by atoms with Crippen molar-refractivity contribution in [1.82, 2.24) is 36.6 Å². The van der Waals surface area contributed by atoms with Gasteiger partial charge >= 0.3 is 29.8 Å². The van der Waals surface area contributed by atoms with Crippen molar-refractivity contribution < 1.29 is 116 Å². The number of nitrogens with one attached hydrogen (secondary N) is 6.